The summed E-state index contributed by atoms with van der Waals surface area (Å²) in [5.41, 5.74) is 3.28. The van der Waals surface area contributed by atoms with E-state index in [-0.39, 0.29) is 5.91 Å². The van der Waals surface area contributed by atoms with Gasteiger partial charge < -0.3 is 9.88 Å². The van der Waals surface area contributed by atoms with Gasteiger partial charge in [-0.3, -0.25) is 4.79 Å². The summed E-state index contributed by atoms with van der Waals surface area (Å²) < 4.78 is 2.10. The lowest BCUT2D eigenvalue weighted by Crippen LogP contribution is -2.27. The molecule has 4 aromatic rings. The standard InChI is InChI=1S/C21H18N2OS/c24-21(22-14-16-7-2-1-3-8-16)15-23-18-10-5-4-9-17(18)13-19(23)20-11-6-12-25-20/h1-13H,14-15H2,(H,22,24). The van der Waals surface area contributed by atoms with Gasteiger partial charge in [-0.25, -0.2) is 0 Å². The molecule has 0 bridgehead atoms. The molecule has 124 valence electrons. The highest BCUT2D eigenvalue weighted by molar-refractivity contribution is 7.13. The van der Waals surface area contributed by atoms with Crippen LogP contribution in [0.5, 0.6) is 0 Å². The topological polar surface area (TPSA) is 34.0 Å². The molecule has 25 heavy (non-hydrogen) atoms. The van der Waals surface area contributed by atoms with Crippen molar-refractivity contribution in [2.24, 2.45) is 0 Å². The Hall–Kier alpha value is -2.85. The third kappa shape index (κ3) is 3.35. The van der Waals surface area contributed by atoms with Crippen LogP contribution < -0.4 is 5.32 Å². The summed E-state index contributed by atoms with van der Waals surface area (Å²) in [5, 5.41) is 6.23. The lowest BCUT2D eigenvalue weighted by atomic mass is 10.2. The van der Waals surface area contributed by atoms with E-state index in [0.29, 0.717) is 13.1 Å². The van der Waals surface area contributed by atoms with Crippen LogP contribution in [0.1, 0.15) is 5.56 Å². The third-order valence-corrected chi connectivity index (χ3v) is 5.11. The number of carbonyl (C=O) groups excluding carboxylic acids is 1. The van der Waals surface area contributed by atoms with Gasteiger partial charge in [-0.1, -0.05) is 54.6 Å². The molecule has 0 saturated heterocycles. The third-order valence-electron chi connectivity index (χ3n) is 4.22. The molecular weight excluding hydrogens is 328 g/mol. The molecule has 0 unspecified atom stereocenters. The van der Waals surface area contributed by atoms with Gasteiger partial charge in [-0.2, -0.15) is 0 Å². The van der Waals surface area contributed by atoms with Gasteiger partial charge in [0, 0.05) is 17.4 Å². The average Bonchev–Trinajstić information content (AvgIpc) is 3.29. The molecule has 2 aromatic heterocycles. The zero-order valence-electron chi connectivity index (χ0n) is 13.7. The minimum Gasteiger partial charge on any atom is -0.350 e. The maximum Gasteiger partial charge on any atom is 0.240 e. The number of rotatable bonds is 5. The van der Waals surface area contributed by atoms with Gasteiger partial charge in [-0.05, 0) is 29.1 Å². The Morgan fingerprint density at radius 2 is 1.76 bits per heavy atom. The van der Waals surface area contributed by atoms with Crippen LogP contribution in [0.2, 0.25) is 0 Å². The minimum absolute atomic E-state index is 0.0167. The summed E-state index contributed by atoms with van der Waals surface area (Å²) in [6.45, 7) is 0.862. The molecule has 0 atom stereocenters. The van der Waals surface area contributed by atoms with Crippen molar-refractivity contribution in [3.63, 3.8) is 0 Å². The Morgan fingerprint density at radius 3 is 2.56 bits per heavy atom. The van der Waals surface area contributed by atoms with Gasteiger partial charge in [0.1, 0.15) is 6.54 Å². The lowest BCUT2D eigenvalue weighted by molar-refractivity contribution is -0.121. The summed E-state index contributed by atoms with van der Waals surface area (Å²) in [4.78, 5) is 13.7. The van der Waals surface area contributed by atoms with E-state index in [2.05, 4.69) is 39.5 Å². The molecular formula is C21H18N2OS. The zero-order valence-corrected chi connectivity index (χ0v) is 14.5. The van der Waals surface area contributed by atoms with E-state index >= 15 is 0 Å². The quantitative estimate of drug-likeness (QED) is 0.559. The highest BCUT2D eigenvalue weighted by Crippen LogP contribution is 2.31. The number of thiophene rings is 1. The fraction of sp³-hybridized carbons (Fsp3) is 0.0952. The summed E-state index contributed by atoms with van der Waals surface area (Å²) in [6.07, 6.45) is 0. The second-order valence-electron chi connectivity index (χ2n) is 5.91. The molecule has 3 nitrogen and oxygen atoms in total. The van der Waals surface area contributed by atoms with Gasteiger partial charge in [0.2, 0.25) is 5.91 Å². The number of fused-ring (bicyclic) bond motifs is 1. The van der Waals surface area contributed by atoms with E-state index in [0.717, 1.165) is 22.2 Å². The molecule has 0 aliphatic heterocycles. The molecule has 0 radical (unpaired) electrons. The average molecular weight is 346 g/mol. The molecule has 4 heteroatoms. The smallest absolute Gasteiger partial charge is 0.240 e. The fourth-order valence-corrected chi connectivity index (χ4v) is 3.76. The molecule has 0 aliphatic carbocycles. The lowest BCUT2D eigenvalue weighted by Gasteiger charge is -2.11. The van der Waals surface area contributed by atoms with Gasteiger partial charge in [-0.15, -0.1) is 11.3 Å². The van der Waals surface area contributed by atoms with Gasteiger partial charge >= 0.3 is 0 Å². The normalized spacial score (nSPS) is 10.9. The number of para-hydroxylation sites is 1. The van der Waals surface area contributed by atoms with Crippen LogP contribution in [0.4, 0.5) is 0 Å². The predicted molar refractivity (Wildman–Crippen MR) is 104 cm³/mol. The Bertz CT molecular complexity index is 987. The van der Waals surface area contributed by atoms with Crippen LogP contribution in [0.15, 0.2) is 78.2 Å². The number of nitrogens with zero attached hydrogens (tertiary/aromatic N) is 1. The highest BCUT2D eigenvalue weighted by atomic mass is 32.1. The van der Waals surface area contributed by atoms with Crippen LogP contribution >= 0.6 is 11.3 Å². The number of benzene rings is 2. The summed E-state index contributed by atoms with van der Waals surface area (Å²) in [5.74, 6) is 0.0167. The Kier molecular flexibility index (Phi) is 4.36. The number of carbonyl (C=O) groups is 1. The van der Waals surface area contributed by atoms with E-state index in [1.54, 1.807) is 11.3 Å². The van der Waals surface area contributed by atoms with Crippen LogP contribution in [0.3, 0.4) is 0 Å². The first-order valence-electron chi connectivity index (χ1n) is 8.24. The zero-order chi connectivity index (χ0) is 17.1. The van der Waals surface area contributed by atoms with Crippen molar-refractivity contribution in [1.29, 1.82) is 0 Å². The van der Waals surface area contributed by atoms with Crippen molar-refractivity contribution in [3.05, 3.63) is 83.7 Å². The summed E-state index contributed by atoms with van der Waals surface area (Å²) >= 11 is 1.69. The van der Waals surface area contributed by atoms with Crippen LogP contribution in [0, 0.1) is 0 Å². The number of amides is 1. The molecule has 2 aromatic carbocycles. The maximum atomic E-state index is 12.5. The SMILES string of the molecule is O=C(Cn1c(-c2cccs2)cc2ccccc21)NCc1ccccc1. The van der Waals surface area contributed by atoms with Crippen LogP contribution in [-0.2, 0) is 17.9 Å². The Labute approximate surface area is 150 Å². The van der Waals surface area contributed by atoms with Crippen LogP contribution in [0.25, 0.3) is 21.5 Å². The van der Waals surface area contributed by atoms with Gasteiger partial charge in [0.25, 0.3) is 0 Å². The molecule has 0 aliphatic rings. The summed E-state index contributed by atoms with van der Waals surface area (Å²) in [7, 11) is 0. The number of aromatic nitrogens is 1. The Morgan fingerprint density at radius 1 is 0.960 bits per heavy atom. The molecule has 0 spiro atoms. The number of nitrogens with one attached hydrogen (secondary N) is 1. The molecule has 0 fully saturated rings. The largest absolute Gasteiger partial charge is 0.350 e. The van der Waals surface area contributed by atoms with E-state index < -0.39 is 0 Å². The first kappa shape index (κ1) is 15.7. The fourth-order valence-electron chi connectivity index (χ4n) is 3.01. The molecule has 0 saturated carbocycles. The van der Waals surface area contributed by atoms with Crippen molar-refractivity contribution in [2.75, 3.05) is 0 Å². The monoisotopic (exact) mass is 346 g/mol. The van der Waals surface area contributed by atoms with Crippen molar-refractivity contribution >= 4 is 28.1 Å². The van der Waals surface area contributed by atoms with Crippen LogP contribution in [-0.4, -0.2) is 10.5 Å². The highest BCUT2D eigenvalue weighted by Gasteiger charge is 2.14. The van der Waals surface area contributed by atoms with Crippen molar-refractivity contribution in [3.8, 4) is 10.6 Å². The first-order valence-corrected chi connectivity index (χ1v) is 9.12. The van der Waals surface area contributed by atoms with Crippen molar-refractivity contribution < 1.29 is 4.79 Å². The van der Waals surface area contributed by atoms with E-state index in [1.165, 1.54) is 4.88 Å². The van der Waals surface area contributed by atoms with E-state index in [1.807, 2.05) is 48.5 Å². The molecule has 1 N–H and O–H groups in total. The summed E-state index contributed by atoms with van der Waals surface area (Å²) in [6, 6.07) is 24.5. The Balaban J connectivity index is 1.60. The minimum atomic E-state index is 0.0167. The first-order chi connectivity index (χ1) is 12.3. The molecule has 4 rings (SSSR count). The number of hydrogen-bond acceptors (Lipinski definition) is 2. The number of hydrogen-bond donors (Lipinski definition) is 1. The van der Waals surface area contributed by atoms with E-state index in [9.17, 15) is 4.79 Å². The van der Waals surface area contributed by atoms with Gasteiger partial charge in [0.05, 0.1) is 10.6 Å². The van der Waals surface area contributed by atoms with E-state index in [4.69, 9.17) is 0 Å². The molecule has 2 heterocycles. The van der Waals surface area contributed by atoms with Crippen molar-refractivity contribution in [2.45, 2.75) is 13.1 Å². The van der Waals surface area contributed by atoms with Gasteiger partial charge in [0.15, 0.2) is 0 Å². The second kappa shape index (κ2) is 6.95. The molecule has 1 amide bonds. The second-order valence-corrected chi connectivity index (χ2v) is 6.86. The maximum absolute atomic E-state index is 12.5. The van der Waals surface area contributed by atoms with Crippen molar-refractivity contribution in [1.82, 2.24) is 9.88 Å². The predicted octanol–water partition coefficient (Wildman–Crippen LogP) is 4.69.